The fourth-order valence-electron chi connectivity index (χ4n) is 5.04. The van der Waals surface area contributed by atoms with Gasteiger partial charge >= 0.3 is 0 Å². The van der Waals surface area contributed by atoms with E-state index in [4.69, 9.17) is 9.47 Å². The standard InChI is InChI=1S/C28H27N3O5/c1-27(2)23-16-22(35-3)10-11-24(23)30(18-26(32)29-17-19-7-5-4-6-8-19)28(27)14-13-20-15-21(31(33)34)9-12-25(20)36-28/h4-16H,17-18H2,1-3H3,(H,29,32). The van der Waals surface area contributed by atoms with E-state index >= 15 is 0 Å². The second-order valence-corrected chi connectivity index (χ2v) is 9.47. The number of nitro benzene ring substituents is 1. The lowest BCUT2D eigenvalue weighted by Crippen LogP contribution is -2.61. The molecule has 2 aliphatic rings. The number of hydrogen-bond acceptors (Lipinski definition) is 6. The summed E-state index contributed by atoms with van der Waals surface area (Å²) in [5.41, 5.74) is 1.85. The zero-order chi connectivity index (χ0) is 25.5. The molecule has 0 saturated carbocycles. The summed E-state index contributed by atoms with van der Waals surface area (Å²) in [7, 11) is 1.62. The Balaban J connectivity index is 1.52. The van der Waals surface area contributed by atoms with E-state index in [1.54, 1.807) is 13.2 Å². The van der Waals surface area contributed by atoms with Crippen LogP contribution in [0.2, 0.25) is 0 Å². The van der Waals surface area contributed by atoms with E-state index < -0.39 is 16.1 Å². The number of non-ortho nitro benzene ring substituents is 1. The first-order valence-corrected chi connectivity index (χ1v) is 11.7. The van der Waals surface area contributed by atoms with E-state index in [0.717, 1.165) is 16.8 Å². The molecular formula is C28H27N3O5. The van der Waals surface area contributed by atoms with Crippen LogP contribution >= 0.6 is 0 Å². The van der Waals surface area contributed by atoms with Crippen LogP contribution in [0.1, 0.15) is 30.5 Å². The number of nitrogens with zero attached hydrogens (tertiary/aromatic N) is 2. The van der Waals surface area contributed by atoms with Crippen LogP contribution in [0, 0.1) is 10.1 Å². The Kier molecular flexibility index (Phi) is 5.67. The number of ether oxygens (including phenoxy) is 2. The normalized spacial score (nSPS) is 18.8. The van der Waals surface area contributed by atoms with Gasteiger partial charge in [0, 0.05) is 29.9 Å². The number of fused-ring (bicyclic) bond motifs is 2. The summed E-state index contributed by atoms with van der Waals surface area (Å²) in [6, 6.07) is 20.1. The first-order valence-electron chi connectivity index (χ1n) is 11.7. The number of rotatable bonds is 6. The fourth-order valence-corrected chi connectivity index (χ4v) is 5.04. The third kappa shape index (κ3) is 3.75. The molecule has 5 rings (SSSR count). The molecule has 8 nitrogen and oxygen atoms in total. The summed E-state index contributed by atoms with van der Waals surface area (Å²) in [4.78, 5) is 26.0. The Morgan fingerprint density at radius 3 is 2.61 bits per heavy atom. The molecule has 1 spiro atoms. The molecule has 184 valence electrons. The molecule has 36 heavy (non-hydrogen) atoms. The van der Waals surface area contributed by atoms with Crippen LogP contribution < -0.4 is 19.7 Å². The number of hydrogen-bond donors (Lipinski definition) is 1. The molecule has 1 atom stereocenters. The quantitative estimate of drug-likeness (QED) is 0.397. The molecule has 3 aromatic rings. The van der Waals surface area contributed by atoms with E-state index in [1.165, 1.54) is 12.1 Å². The molecule has 0 aromatic heterocycles. The number of nitrogens with one attached hydrogen (secondary N) is 1. The predicted molar refractivity (Wildman–Crippen MR) is 137 cm³/mol. The van der Waals surface area contributed by atoms with Crippen LogP contribution in [0.3, 0.4) is 0 Å². The van der Waals surface area contributed by atoms with Crippen molar-refractivity contribution in [1.82, 2.24) is 5.32 Å². The molecule has 2 aliphatic heterocycles. The van der Waals surface area contributed by atoms with Gasteiger partial charge in [-0.2, -0.15) is 0 Å². The Labute approximate surface area is 209 Å². The Hall–Kier alpha value is -4.33. The van der Waals surface area contributed by atoms with Crippen molar-refractivity contribution < 1.29 is 19.2 Å². The van der Waals surface area contributed by atoms with Gasteiger partial charge in [-0.15, -0.1) is 0 Å². The maximum Gasteiger partial charge on any atom is 0.270 e. The monoisotopic (exact) mass is 485 g/mol. The molecule has 0 fully saturated rings. The molecule has 0 bridgehead atoms. The highest BCUT2D eigenvalue weighted by molar-refractivity contribution is 5.85. The number of benzene rings is 3. The average molecular weight is 486 g/mol. The zero-order valence-corrected chi connectivity index (χ0v) is 20.4. The molecule has 2 heterocycles. The maximum absolute atomic E-state index is 13.2. The minimum Gasteiger partial charge on any atom is -0.497 e. The Bertz CT molecular complexity index is 1370. The van der Waals surface area contributed by atoms with Crippen LogP contribution in [0.25, 0.3) is 6.08 Å². The fraction of sp³-hybridized carbons (Fsp3) is 0.250. The molecule has 0 aliphatic carbocycles. The van der Waals surface area contributed by atoms with Crippen LogP contribution in [-0.4, -0.2) is 30.2 Å². The van der Waals surface area contributed by atoms with Gasteiger partial charge in [0.15, 0.2) is 0 Å². The van der Waals surface area contributed by atoms with Crippen LogP contribution in [0.15, 0.2) is 72.8 Å². The van der Waals surface area contributed by atoms with E-state index in [2.05, 4.69) is 19.2 Å². The first-order chi connectivity index (χ1) is 17.2. The van der Waals surface area contributed by atoms with Crippen LogP contribution in [0.4, 0.5) is 11.4 Å². The molecule has 1 unspecified atom stereocenters. The number of anilines is 1. The smallest absolute Gasteiger partial charge is 0.270 e. The van der Waals surface area contributed by atoms with Gasteiger partial charge in [0.05, 0.1) is 17.4 Å². The number of amides is 1. The third-order valence-electron chi connectivity index (χ3n) is 7.06. The number of nitro groups is 1. The summed E-state index contributed by atoms with van der Waals surface area (Å²) >= 11 is 0. The van der Waals surface area contributed by atoms with E-state index in [9.17, 15) is 14.9 Å². The van der Waals surface area contributed by atoms with Gasteiger partial charge in [0.2, 0.25) is 11.6 Å². The van der Waals surface area contributed by atoms with Gasteiger partial charge in [0.25, 0.3) is 5.69 Å². The minimum atomic E-state index is -1.03. The molecule has 0 radical (unpaired) electrons. The van der Waals surface area contributed by atoms with E-state index in [-0.39, 0.29) is 18.1 Å². The topological polar surface area (TPSA) is 93.9 Å². The number of carbonyl (C=O) groups is 1. The van der Waals surface area contributed by atoms with Crippen molar-refractivity contribution in [2.75, 3.05) is 18.6 Å². The molecule has 1 N–H and O–H groups in total. The summed E-state index contributed by atoms with van der Waals surface area (Å²) < 4.78 is 12.1. The van der Waals surface area contributed by atoms with Crippen molar-refractivity contribution >= 4 is 23.4 Å². The zero-order valence-electron chi connectivity index (χ0n) is 20.4. The number of carbonyl (C=O) groups excluding carboxylic acids is 1. The average Bonchev–Trinajstić information content (AvgIpc) is 3.05. The summed E-state index contributed by atoms with van der Waals surface area (Å²) in [5.74, 6) is 1.08. The summed E-state index contributed by atoms with van der Waals surface area (Å²) in [5, 5.41) is 14.3. The molecule has 3 aromatic carbocycles. The van der Waals surface area contributed by atoms with Gasteiger partial charge in [0.1, 0.15) is 18.0 Å². The van der Waals surface area contributed by atoms with Crippen molar-refractivity contribution in [3.05, 3.63) is 99.6 Å². The molecule has 8 heteroatoms. The van der Waals surface area contributed by atoms with Crippen LogP contribution in [-0.2, 0) is 16.8 Å². The Morgan fingerprint density at radius 2 is 1.89 bits per heavy atom. The highest BCUT2D eigenvalue weighted by Gasteiger charge is 2.59. The van der Waals surface area contributed by atoms with Gasteiger partial charge in [-0.05, 0) is 61.4 Å². The minimum absolute atomic E-state index is 0.00574. The predicted octanol–water partition coefficient (Wildman–Crippen LogP) is 4.82. The van der Waals surface area contributed by atoms with Crippen LogP contribution in [0.5, 0.6) is 11.5 Å². The highest BCUT2D eigenvalue weighted by Crippen LogP contribution is 2.55. The third-order valence-corrected chi connectivity index (χ3v) is 7.06. The van der Waals surface area contributed by atoms with Crippen molar-refractivity contribution in [3.63, 3.8) is 0 Å². The lowest BCUT2D eigenvalue weighted by atomic mass is 9.76. The highest BCUT2D eigenvalue weighted by atomic mass is 16.6. The van der Waals surface area contributed by atoms with E-state index in [0.29, 0.717) is 23.6 Å². The van der Waals surface area contributed by atoms with Crippen molar-refractivity contribution in [3.8, 4) is 11.5 Å². The lowest BCUT2D eigenvalue weighted by molar-refractivity contribution is -0.384. The second kappa shape index (κ2) is 8.71. The lowest BCUT2D eigenvalue weighted by Gasteiger charge is -2.46. The Morgan fingerprint density at radius 1 is 1.11 bits per heavy atom. The van der Waals surface area contributed by atoms with E-state index in [1.807, 2.05) is 65.6 Å². The second-order valence-electron chi connectivity index (χ2n) is 9.47. The van der Waals surface area contributed by atoms with Crippen molar-refractivity contribution in [2.24, 2.45) is 0 Å². The SMILES string of the molecule is COc1ccc2c(c1)C(C)(C)C1(C=Cc3cc([N+](=O)[O-])ccc3O1)N2CC(=O)NCc1ccccc1. The number of methoxy groups -OCH3 is 1. The van der Waals surface area contributed by atoms with Gasteiger partial charge in [-0.3, -0.25) is 14.9 Å². The summed E-state index contributed by atoms with van der Waals surface area (Å²) in [6.45, 7) is 4.60. The van der Waals surface area contributed by atoms with Gasteiger partial charge < -0.3 is 19.7 Å². The molecule has 1 amide bonds. The van der Waals surface area contributed by atoms with Gasteiger partial charge in [-0.1, -0.05) is 30.3 Å². The van der Waals surface area contributed by atoms with Gasteiger partial charge in [-0.25, -0.2) is 0 Å². The molecular weight excluding hydrogens is 458 g/mol. The molecule has 0 saturated heterocycles. The summed E-state index contributed by atoms with van der Waals surface area (Å²) in [6.07, 6.45) is 3.74. The van der Waals surface area contributed by atoms with Crippen molar-refractivity contribution in [1.29, 1.82) is 0 Å². The first kappa shape index (κ1) is 23.4. The maximum atomic E-state index is 13.2. The van der Waals surface area contributed by atoms with Crippen molar-refractivity contribution in [2.45, 2.75) is 31.5 Å². The largest absolute Gasteiger partial charge is 0.497 e.